The Balaban J connectivity index is 1.20. The van der Waals surface area contributed by atoms with Crippen LogP contribution in [0.15, 0.2) is 72.4 Å². The van der Waals surface area contributed by atoms with Crippen LogP contribution in [0.3, 0.4) is 0 Å². The molecule has 2 aromatic carbocycles. The molecule has 1 saturated heterocycles. The summed E-state index contributed by atoms with van der Waals surface area (Å²) in [6, 6.07) is 17.2. The van der Waals surface area contributed by atoms with Crippen molar-refractivity contribution < 1.29 is 14.3 Å². The topological polar surface area (TPSA) is 76.6 Å². The number of aromatic nitrogens is 2. The maximum atomic E-state index is 13.0. The van der Waals surface area contributed by atoms with E-state index in [9.17, 15) is 4.79 Å². The summed E-state index contributed by atoms with van der Waals surface area (Å²) in [6.07, 6.45) is 4.28. The Kier molecular flexibility index (Phi) is 8.20. The molecule has 1 fully saturated rings. The molecule has 0 bridgehead atoms. The number of thiazole rings is 1. The lowest BCUT2D eigenvalue weighted by Gasteiger charge is -2.26. The number of morpholine rings is 1. The van der Waals surface area contributed by atoms with E-state index in [0.717, 1.165) is 65.9 Å². The number of rotatable bonds is 9. The number of benzene rings is 2. The molecule has 8 heteroatoms. The number of nitrogens with one attached hydrogen (secondary N) is 1. The number of anilines is 1. The molecule has 0 unspecified atom stereocenters. The molecule has 7 nitrogen and oxygen atoms in total. The molecule has 1 aliphatic rings. The number of hydrogen-bond acceptors (Lipinski definition) is 7. The maximum Gasteiger partial charge on any atom is 0.255 e. The molecule has 1 amide bonds. The highest BCUT2D eigenvalue weighted by Crippen LogP contribution is 2.25. The lowest BCUT2D eigenvalue weighted by atomic mass is 10.0. The lowest BCUT2D eigenvalue weighted by molar-refractivity contribution is 0.0322. The number of carbonyl (C=O) groups is 1. The van der Waals surface area contributed by atoms with Gasteiger partial charge in [0.2, 0.25) is 0 Å². The van der Waals surface area contributed by atoms with Gasteiger partial charge in [-0.25, -0.2) is 4.98 Å². The number of ether oxygens (including phenoxy) is 2. The van der Waals surface area contributed by atoms with Crippen LogP contribution >= 0.6 is 11.3 Å². The number of aryl methyl sites for hydroxylation is 1. The van der Waals surface area contributed by atoms with E-state index in [0.29, 0.717) is 24.3 Å². The number of hydrogen-bond donors (Lipinski definition) is 1. The van der Waals surface area contributed by atoms with Crippen LogP contribution in [0.1, 0.15) is 26.5 Å². The zero-order valence-electron chi connectivity index (χ0n) is 20.9. The fraction of sp³-hybridized carbons (Fsp3) is 0.276. The van der Waals surface area contributed by atoms with Crippen molar-refractivity contribution in [1.29, 1.82) is 0 Å². The number of pyridine rings is 1. The molecule has 0 atom stereocenters. The van der Waals surface area contributed by atoms with E-state index >= 15 is 0 Å². The van der Waals surface area contributed by atoms with Crippen molar-refractivity contribution in [2.45, 2.75) is 13.3 Å². The lowest BCUT2D eigenvalue weighted by Crippen LogP contribution is -2.38. The summed E-state index contributed by atoms with van der Waals surface area (Å²) in [6.45, 7) is 6.89. The maximum absolute atomic E-state index is 13.0. The minimum atomic E-state index is -0.165. The molecule has 0 radical (unpaired) electrons. The van der Waals surface area contributed by atoms with Gasteiger partial charge in [-0.1, -0.05) is 12.1 Å². The zero-order chi connectivity index (χ0) is 25.5. The van der Waals surface area contributed by atoms with Gasteiger partial charge in [0.25, 0.3) is 5.91 Å². The Morgan fingerprint density at radius 3 is 2.86 bits per heavy atom. The van der Waals surface area contributed by atoms with E-state index < -0.39 is 0 Å². The molecule has 2 aromatic heterocycles. The summed E-state index contributed by atoms with van der Waals surface area (Å²) < 4.78 is 11.3. The van der Waals surface area contributed by atoms with Gasteiger partial charge in [-0.3, -0.25) is 14.7 Å². The Labute approximate surface area is 221 Å². The Bertz CT molecular complexity index is 1340. The van der Waals surface area contributed by atoms with Crippen LogP contribution in [0, 0.1) is 6.92 Å². The fourth-order valence-electron chi connectivity index (χ4n) is 4.19. The third kappa shape index (κ3) is 6.80. The van der Waals surface area contributed by atoms with Crippen LogP contribution in [0.5, 0.6) is 5.75 Å². The number of carbonyl (C=O) groups excluding carboxylic acids is 1. The SMILES string of the molecule is Cc1ccc(NC(=O)c2cccc(OCCN3CCOCC3)c2)cc1Cc1nc(-c2cccnc2)cs1. The number of amides is 1. The van der Waals surface area contributed by atoms with E-state index in [1.165, 1.54) is 0 Å². The Hall–Kier alpha value is -3.59. The highest BCUT2D eigenvalue weighted by atomic mass is 32.1. The van der Waals surface area contributed by atoms with Crippen LogP contribution < -0.4 is 10.1 Å². The van der Waals surface area contributed by atoms with Crippen LogP contribution in [0.2, 0.25) is 0 Å². The van der Waals surface area contributed by atoms with Gasteiger partial charge in [0.05, 0.1) is 23.9 Å². The van der Waals surface area contributed by atoms with Gasteiger partial charge in [-0.2, -0.15) is 0 Å². The van der Waals surface area contributed by atoms with Crippen molar-refractivity contribution in [3.05, 3.63) is 94.1 Å². The Morgan fingerprint density at radius 2 is 2.03 bits per heavy atom. The van der Waals surface area contributed by atoms with Crippen LogP contribution in [0.4, 0.5) is 5.69 Å². The Morgan fingerprint density at radius 1 is 1.14 bits per heavy atom. The molecule has 4 aromatic rings. The smallest absolute Gasteiger partial charge is 0.255 e. The van der Waals surface area contributed by atoms with Crippen LogP contribution in [-0.4, -0.2) is 60.2 Å². The molecular formula is C29H30N4O3S. The second-order valence-corrected chi connectivity index (χ2v) is 9.91. The van der Waals surface area contributed by atoms with Crippen molar-refractivity contribution in [3.63, 3.8) is 0 Å². The molecular weight excluding hydrogens is 484 g/mol. The predicted octanol–water partition coefficient (Wildman–Crippen LogP) is 5.07. The summed E-state index contributed by atoms with van der Waals surface area (Å²) in [5.41, 5.74) is 5.55. The molecule has 5 rings (SSSR count). The second kappa shape index (κ2) is 12.1. The summed E-state index contributed by atoms with van der Waals surface area (Å²) in [4.78, 5) is 24.3. The van der Waals surface area contributed by atoms with Gasteiger partial charge in [-0.05, 0) is 60.5 Å². The van der Waals surface area contributed by atoms with Gasteiger partial charge in [-0.15, -0.1) is 11.3 Å². The van der Waals surface area contributed by atoms with Crippen molar-refractivity contribution in [3.8, 4) is 17.0 Å². The predicted molar refractivity (Wildman–Crippen MR) is 146 cm³/mol. The minimum absolute atomic E-state index is 0.165. The first-order chi connectivity index (χ1) is 18.1. The van der Waals surface area contributed by atoms with E-state index in [-0.39, 0.29) is 5.91 Å². The summed E-state index contributed by atoms with van der Waals surface area (Å²) in [5.74, 6) is 0.528. The second-order valence-electron chi connectivity index (χ2n) is 8.97. The first-order valence-corrected chi connectivity index (χ1v) is 13.3. The first-order valence-electron chi connectivity index (χ1n) is 12.4. The van der Waals surface area contributed by atoms with E-state index in [4.69, 9.17) is 14.5 Å². The van der Waals surface area contributed by atoms with Crippen molar-refractivity contribution in [2.75, 3.05) is 44.8 Å². The molecule has 1 aliphatic heterocycles. The van der Waals surface area contributed by atoms with Gasteiger partial charge in [0.15, 0.2) is 0 Å². The minimum Gasteiger partial charge on any atom is -0.492 e. The molecule has 0 spiro atoms. The highest BCUT2D eigenvalue weighted by Gasteiger charge is 2.12. The van der Waals surface area contributed by atoms with Gasteiger partial charge in [0.1, 0.15) is 12.4 Å². The third-order valence-corrected chi connectivity index (χ3v) is 7.18. The average molecular weight is 515 g/mol. The summed E-state index contributed by atoms with van der Waals surface area (Å²) in [5, 5.41) is 6.12. The number of nitrogens with zero attached hydrogens (tertiary/aromatic N) is 3. The van der Waals surface area contributed by atoms with Gasteiger partial charge in [0, 0.05) is 60.6 Å². The molecule has 37 heavy (non-hydrogen) atoms. The fourth-order valence-corrected chi connectivity index (χ4v) is 5.02. The standard InChI is InChI=1S/C29H30N4O3S/c1-21-7-8-25(16-24(21)18-28-32-27(20-37-28)23-5-3-9-30-19-23)31-29(34)22-4-2-6-26(17-22)36-15-12-33-10-13-35-14-11-33/h2-9,16-17,19-20H,10-15,18H2,1H3,(H,31,34). The molecule has 0 saturated carbocycles. The van der Waals surface area contributed by atoms with Gasteiger partial charge >= 0.3 is 0 Å². The van der Waals surface area contributed by atoms with E-state index in [2.05, 4.69) is 27.5 Å². The van der Waals surface area contributed by atoms with E-state index in [1.807, 2.05) is 48.7 Å². The van der Waals surface area contributed by atoms with E-state index in [1.54, 1.807) is 29.7 Å². The van der Waals surface area contributed by atoms with Crippen molar-refractivity contribution in [2.24, 2.45) is 0 Å². The third-order valence-electron chi connectivity index (χ3n) is 6.33. The molecule has 190 valence electrons. The highest BCUT2D eigenvalue weighted by molar-refractivity contribution is 7.10. The van der Waals surface area contributed by atoms with Crippen molar-refractivity contribution in [1.82, 2.24) is 14.9 Å². The monoisotopic (exact) mass is 514 g/mol. The first kappa shape index (κ1) is 25.1. The summed E-state index contributed by atoms with van der Waals surface area (Å²) in [7, 11) is 0. The largest absolute Gasteiger partial charge is 0.492 e. The van der Waals surface area contributed by atoms with Gasteiger partial charge < -0.3 is 14.8 Å². The molecule has 0 aliphatic carbocycles. The van der Waals surface area contributed by atoms with Crippen LogP contribution in [-0.2, 0) is 11.2 Å². The van der Waals surface area contributed by atoms with Crippen molar-refractivity contribution >= 4 is 22.9 Å². The summed E-state index contributed by atoms with van der Waals surface area (Å²) >= 11 is 1.63. The zero-order valence-corrected chi connectivity index (χ0v) is 21.7. The van der Waals surface area contributed by atoms with Crippen LogP contribution in [0.25, 0.3) is 11.3 Å². The normalized spacial score (nSPS) is 13.9. The quantitative estimate of drug-likeness (QED) is 0.336. The molecule has 1 N–H and O–H groups in total. The molecule has 3 heterocycles. The average Bonchev–Trinajstić information content (AvgIpc) is 3.40.